The van der Waals surface area contributed by atoms with Crippen molar-refractivity contribution in [2.75, 3.05) is 18.5 Å². The van der Waals surface area contributed by atoms with Gasteiger partial charge in [-0.15, -0.1) is 0 Å². The van der Waals surface area contributed by atoms with E-state index in [9.17, 15) is 9.50 Å². The van der Waals surface area contributed by atoms with Gasteiger partial charge in [-0.1, -0.05) is 28.1 Å². The minimum atomic E-state index is -0.944. The van der Waals surface area contributed by atoms with Gasteiger partial charge in [0.2, 0.25) is 0 Å². The van der Waals surface area contributed by atoms with Gasteiger partial charge in [-0.25, -0.2) is 4.39 Å². The molecule has 3 rings (SSSR count). The Balaban J connectivity index is 1.98. The second kappa shape index (κ2) is 5.78. The van der Waals surface area contributed by atoms with E-state index >= 15 is 0 Å². The predicted octanol–water partition coefficient (Wildman–Crippen LogP) is 4.05. The summed E-state index contributed by atoms with van der Waals surface area (Å²) in [5.74, 6) is -0.388. The first-order valence-electron chi connectivity index (χ1n) is 7.03. The predicted molar refractivity (Wildman–Crippen MR) is 86.2 cm³/mol. The van der Waals surface area contributed by atoms with Crippen LogP contribution in [-0.4, -0.2) is 18.7 Å². The Morgan fingerprint density at radius 2 is 2.05 bits per heavy atom. The molecule has 1 heterocycles. The average Bonchev–Trinajstić information content (AvgIpc) is 2.49. The molecule has 0 aromatic heterocycles. The molecule has 2 aromatic carbocycles. The minimum absolute atomic E-state index is 0.300. The molecule has 1 aliphatic heterocycles. The fourth-order valence-electron chi connectivity index (χ4n) is 2.88. The van der Waals surface area contributed by atoms with E-state index in [0.29, 0.717) is 5.56 Å². The van der Waals surface area contributed by atoms with E-state index < -0.39 is 6.10 Å². The number of halogens is 2. The second-order valence-corrected chi connectivity index (χ2v) is 6.40. The van der Waals surface area contributed by atoms with E-state index in [1.54, 1.807) is 12.1 Å². The van der Waals surface area contributed by atoms with Gasteiger partial charge in [0.1, 0.15) is 11.9 Å². The maximum absolute atomic E-state index is 13.9. The number of anilines is 1. The van der Waals surface area contributed by atoms with Crippen molar-refractivity contribution < 1.29 is 9.50 Å². The Labute approximate surface area is 132 Å². The van der Waals surface area contributed by atoms with Crippen molar-refractivity contribution in [1.82, 2.24) is 0 Å². The van der Waals surface area contributed by atoms with Crippen LogP contribution < -0.4 is 4.90 Å². The molecule has 4 heteroatoms. The van der Waals surface area contributed by atoms with Crippen LogP contribution in [0.2, 0.25) is 0 Å². The van der Waals surface area contributed by atoms with Gasteiger partial charge in [0, 0.05) is 29.3 Å². The molecule has 0 saturated heterocycles. The number of benzene rings is 2. The monoisotopic (exact) mass is 349 g/mol. The Bertz CT molecular complexity index is 674. The van der Waals surface area contributed by atoms with E-state index in [1.807, 2.05) is 18.2 Å². The molecular weight excluding hydrogens is 333 g/mol. The van der Waals surface area contributed by atoms with E-state index in [1.165, 1.54) is 17.3 Å². The SMILES string of the molecule is CN1CCCc2cc(C(O)c3cc(Br)ccc3F)ccc21. The summed E-state index contributed by atoms with van der Waals surface area (Å²) in [6.07, 6.45) is 1.16. The van der Waals surface area contributed by atoms with Crippen LogP contribution >= 0.6 is 15.9 Å². The Morgan fingerprint density at radius 1 is 1.24 bits per heavy atom. The van der Waals surface area contributed by atoms with Crippen molar-refractivity contribution in [1.29, 1.82) is 0 Å². The van der Waals surface area contributed by atoms with E-state index in [0.717, 1.165) is 29.4 Å². The van der Waals surface area contributed by atoms with Gasteiger partial charge < -0.3 is 10.0 Å². The molecule has 1 N–H and O–H groups in total. The zero-order valence-corrected chi connectivity index (χ0v) is 13.4. The smallest absolute Gasteiger partial charge is 0.129 e. The lowest BCUT2D eigenvalue weighted by Crippen LogP contribution is -2.24. The highest BCUT2D eigenvalue weighted by molar-refractivity contribution is 9.10. The number of fused-ring (bicyclic) bond motifs is 1. The summed E-state index contributed by atoms with van der Waals surface area (Å²) in [5.41, 5.74) is 3.46. The maximum atomic E-state index is 13.9. The van der Waals surface area contributed by atoms with E-state index in [-0.39, 0.29) is 5.82 Å². The second-order valence-electron chi connectivity index (χ2n) is 5.48. The third-order valence-corrected chi connectivity index (χ3v) is 4.52. The fraction of sp³-hybridized carbons (Fsp3) is 0.294. The van der Waals surface area contributed by atoms with Gasteiger partial charge >= 0.3 is 0 Å². The third-order valence-electron chi connectivity index (χ3n) is 4.02. The molecule has 2 aromatic rings. The van der Waals surface area contributed by atoms with Gasteiger partial charge in [-0.2, -0.15) is 0 Å². The summed E-state index contributed by atoms with van der Waals surface area (Å²) < 4.78 is 14.7. The van der Waals surface area contributed by atoms with Crippen molar-refractivity contribution in [2.24, 2.45) is 0 Å². The highest BCUT2D eigenvalue weighted by Gasteiger charge is 2.19. The standard InChI is InChI=1S/C17H17BrFNO/c1-20-8-2-3-11-9-12(4-7-16(11)20)17(21)14-10-13(18)5-6-15(14)19/h4-7,9-10,17,21H,2-3,8H2,1H3. The highest BCUT2D eigenvalue weighted by atomic mass is 79.9. The van der Waals surface area contributed by atoms with E-state index in [2.05, 4.69) is 27.9 Å². The summed E-state index contributed by atoms with van der Waals surface area (Å²) in [6, 6.07) is 10.5. The lowest BCUT2D eigenvalue weighted by atomic mass is 9.95. The lowest BCUT2D eigenvalue weighted by molar-refractivity contribution is 0.215. The summed E-state index contributed by atoms with van der Waals surface area (Å²) in [6.45, 7) is 1.05. The van der Waals surface area contributed by atoms with Crippen molar-refractivity contribution >= 4 is 21.6 Å². The lowest BCUT2D eigenvalue weighted by Gasteiger charge is -2.28. The van der Waals surface area contributed by atoms with Crippen LogP contribution in [0.15, 0.2) is 40.9 Å². The van der Waals surface area contributed by atoms with Crippen LogP contribution in [0.25, 0.3) is 0 Å². The minimum Gasteiger partial charge on any atom is -0.384 e. The molecule has 1 unspecified atom stereocenters. The normalized spacial score (nSPS) is 15.7. The zero-order chi connectivity index (χ0) is 15.0. The largest absolute Gasteiger partial charge is 0.384 e. The number of hydrogen-bond acceptors (Lipinski definition) is 2. The van der Waals surface area contributed by atoms with Crippen molar-refractivity contribution in [3.05, 3.63) is 63.4 Å². The Hall–Kier alpha value is -1.39. The van der Waals surface area contributed by atoms with Gasteiger partial charge in [0.25, 0.3) is 0 Å². The van der Waals surface area contributed by atoms with Crippen LogP contribution in [0.5, 0.6) is 0 Å². The van der Waals surface area contributed by atoms with Gasteiger partial charge in [0.15, 0.2) is 0 Å². The average molecular weight is 350 g/mol. The number of nitrogens with zero attached hydrogens (tertiary/aromatic N) is 1. The molecule has 0 fully saturated rings. The highest BCUT2D eigenvalue weighted by Crippen LogP contribution is 2.32. The summed E-state index contributed by atoms with van der Waals surface area (Å²) in [4.78, 5) is 2.22. The zero-order valence-electron chi connectivity index (χ0n) is 11.8. The molecule has 21 heavy (non-hydrogen) atoms. The Kier molecular flexibility index (Phi) is 4.00. The number of aryl methyl sites for hydroxylation is 1. The topological polar surface area (TPSA) is 23.5 Å². The Morgan fingerprint density at radius 3 is 2.86 bits per heavy atom. The molecule has 0 spiro atoms. The van der Waals surface area contributed by atoms with Gasteiger partial charge in [-0.05, 0) is 48.2 Å². The van der Waals surface area contributed by atoms with Gasteiger partial charge in [0.05, 0.1) is 0 Å². The number of rotatable bonds is 2. The molecule has 0 saturated carbocycles. The first kappa shape index (κ1) is 14.5. The number of aliphatic hydroxyl groups is 1. The molecule has 1 aliphatic rings. The first-order valence-corrected chi connectivity index (χ1v) is 7.82. The van der Waals surface area contributed by atoms with Crippen molar-refractivity contribution in [2.45, 2.75) is 18.9 Å². The van der Waals surface area contributed by atoms with Crippen LogP contribution in [0, 0.1) is 5.82 Å². The number of aliphatic hydroxyl groups excluding tert-OH is 1. The molecule has 0 aliphatic carbocycles. The van der Waals surface area contributed by atoms with Crippen LogP contribution in [0.3, 0.4) is 0 Å². The van der Waals surface area contributed by atoms with Crippen LogP contribution in [-0.2, 0) is 6.42 Å². The summed E-state index contributed by atoms with van der Waals surface area (Å²) in [5, 5.41) is 10.5. The quantitative estimate of drug-likeness (QED) is 0.883. The van der Waals surface area contributed by atoms with Crippen LogP contribution in [0.4, 0.5) is 10.1 Å². The molecule has 110 valence electrons. The molecule has 1 atom stereocenters. The molecule has 0 amide bonds. The molecule has 0 radical (unpaired) electrons. The fourth-order valence-corrected chi connectivity index (χ4v) is 3.26. The molecule has 2 nitrogen and oxygen atoms in total. The summed E-state index contributed by atoms with van der Waals surface area (Å²) in [7, 11) is 2.07. The van der Waals surface area contributed by atoms with Crippen molar-refractivity contribution in [3.63, 3.8) is 0 Å². The van der Waals surface area contributed by atoms with Gasteiger partial charge in [-0.3, -0.25) is 0 Å². The maximum Gasteiger partial charge on any atom is 0.129 e. The van der Waals surface area contributed by atoms with Crippen molar-refractivity contribution in [3.8, 4) is 0 Å². The van der Waals surface area contributed by atoms with E-state index in [4.69, 9.17) is 0 Å². The number of hydrogen-bond donors (Lipinski definition) is 1. The molecule has 0 bridgehead atoms. The first-order chi connectivity index (χ1) is 10.1. The summed E-state index contributed by atoms with van der Waals surface area (Å²) >= 11 is 3.32. The molecular formula is C17H17BrFNO. The van der Waals surface area contributed by atoms with Crippen LogP contribution in [0.1, 0.15) is 29.2 Å². The third kappa shape index (κ3) is 2.83.